The Morgan fingerprint density at radius 1 is 0.824 bits per heavy atom. The highest BCUT2D eigenvalue weighted by atomic mass is 14.8. The van der Waals surface area contributed by atoms with Crippen molar-refractivity contribution in [1.29, 1.82) is 0 Å². The highest BCUT2D eigenvalue weighted by Crippen LogP contribution is 2.29. The maximum Gasteiger partial charge on any atom is 0.0417 e. The molecule has 0 amide bonds. The van der Waals surface area contributed by atoms with Gasteiger partial charge in [-0.05, 0) is 46.8 Å². The molecule has 3 aromatic carbocycles. The van der Waals surface area contributed by atoms with Crippen molar-refractivity contribution >= 4 is 27.2 Å². The molecule has 1 nitrogen and oxygen atoms in total. The number of rotatable bonds is 1. The van der Waals surface area contributed by atoms with Crippen molar-refractivity contribution in [3.8, 4) is 0 Å². The molecule has 1 N–H and O–H groups in total. The van der Waals surface area contributed by atoms with Gasteiger partial charge >= 0.3 is 0 Å². The van der Waals surface area contributed by atoms with E-state index in [1.807, 2.05) is 7.05 Å². The minimum atomic E-state index is 1.19. The van der Waals surface area contributed by atoms with Crippen LogP contribution in [0.5, 0.6) is 0 Å². The maximum atomic E-state index is 3.25. The minimum Gasteiger partial charge on any atom is -0.388 e. The summed E-state index contributed by atoms with van der Waals surface area (Å²) in [7, 11) is 1.97. The Morgan fingerprint density at radius 2 is 1.47 bits per heavy atom. The molecule has 17 heavy (non-hydrogen) atoms. The van der Waals surface area contributed by atoms with Crippen molar-refractivity contribution in [2.45, 2.75) is 6.92 Å². The Labute approximate surface area is 101 Å². The third-order valence-corrected chi connectivity index (χ3v) is 3.37. The van der Waals surface area contributed by atoms with Crippen molar-refractivity contribution in [2.24, 2.45) is 0 Å². The van der Waals surface area contributed by atoms with Gasteiger partial charge in [-0.1, -0.05) is 30.3 Å². The molecule has 0 saturated heterocycles. The van der Waals surface area contributed by atoms with E-state index >= 15 is 0 Å². The van der Waals surface area contributed by atoms with E-state index in [9.17, 15) is 0 Å². The predicted octanol–water partition coefficient (Wildman–Crippen LogP) is 4.34. The molecule has 0 atom stereocenters. The predicted molar refractivity (Wildman–Crippen MR) is 75.7 cm³/mol. The highest BCUT2D eigenvalue weighted by molar-refractivity contribution is 6.04. The molecule has 3 aromatic rings. The Bertz CT molecular complexity index is 698. The van der Waals surface area contributed by atoms with Gasteiger partial charge in [0.05, 0.1) is 0 Å². The van der Waals surface area contributed by atoms with Crippen LogP contribution in [0.15, 0.2) is 48.5 Å². The van der Waals surface area contributed by atoms with E-state index in [4.69, 9.17) is 0 Å². The van der Waals surface area contributed by atoms with Crippen molar-refractivity contribution in [3.63, 3.8) is 0 Å². The van der Waals surface area contributed by atoms with E-state index in [0.29, 0.717) is 0 Å². The minimum absolute atomic E-state index is 1.19. The standard InChI is InChI=1S/C16H15N/c1-11-5-3-6-12-10-15-13(9-14(11)12)7-4-8-16(15)17-2/h3-10,17H,1-2H3. The van der Waals surface area contributed by atoms with Crippen LogP contribution < -0.4 is 5.32 Å². The lowest BCUT2D eigenvalue weighted by Crippen LogP contribution is -1.89. The third-order valence-electron chi connectivity index (χ3n) is 3.37. The van der Waals surface area contributed by atoms with Crippen molar-refractivity contribution < 1.29 is 0 Å². The summed E-state index contributed by atoms with van der Waals surface area (Å²) in [6.45, 7) is 2.16. The van der Waals surface area contributed by atoms with E-state index in [1.165, 1.54) is 32.8 Å². The molecule has 0 fully saturated rings. The lowest BCUT2D eigenvalue weighted by molar-refractivity contribution is 1.53. The summed E-state index contributed by atoms with van der Waals surface area (Å²) in [5, 5.41) is 8.47. The van der Waals surface area contributed by atoms with Crippen molar-refractivity contribution in [1.82, 2.24) is 0 Å². The smallest absolute Gasteiger partial charge is 0.0417 e. The van der Waals surface area contributed by atoms with Crippen LogP contribution in [-0.4, -0.2) is 7.05 Å². The Morgan fingerprint density at radius 3 is 2.24 bits per heavy atom. The summed E-state index contributed by atoms with van der Waals surface area (Å²) in [5.74, 6) is 0. The molecule has 0 radical (unpaired) electrons. The number of hydrogen-bond donors (Lipinski definition) is 1. The highest BCUT2D eigenvalue weighted by Gasteiger charge is 2.03. The average molecular weight is 221 g/mol. The second-order valence-corrected chi connectivity index (χ2v) is 4.42. The van der Waals surface area contributed by atoms with Crippen LogP contribution in [0, 0.1) is 6.92 Å². The maximum absolute atomic E-state index is 3.25. The molecule has 3 rings (SSSR count). The summed E-state index contributed by atoms with van der Waals surface area (Å²) in [4.78, 5) is 0. The van der Waals surface area contributed by atoms with Gasteiger partial charge in [0.2, 0.25) is 0 Å². The molecule has 0 unspecified atom stereocenters. The van der Waals surface area contributed by atoms with Gasteiger partial charge in [-0.2, -0.15) is 0 Å². The van der Waals surface area contributed by atoms with Crippen LogP contribution in [0.2, 0.25) is 0 Å². The summed E-state index contributed by atoms with van der Waals surface area (Å²) in [6, 6.07) is 17.4. The zero-order chi connectivity index (χ0) is 11.8. The zero-order valence-electron chi connectivity index (χ0n) is 10.1. The van der Waals surface area contributed by atoms with Gasteiger partial charge in [-0.3, -0.25) is 0 Å². The van der Waals surface area contributed by atoms with E-state index in [2.05, 4.69) is 60.8 Å². The first-order valence-electron chi connectivity index (χ1n) is 5.89. The first-order valence-corrected chi connectivity index (χ1v) is 5.89. The largest absolute Gasteiger partial charge is 0.388 e. The van der Waals surface area contributed by atoms with E-state index in [1.54, 1.807) is 0 Å². The lowest BCUT2D eigenvalue weighted by atomic mass is 9.99. The van der Waals surface area contributed by atoms with Gasteiger partial charge in [0.25, 0.3) is 0 Å². The monoisotopic (exact) mass is 221 g/mol. The number of aryl methyl sites for hydroxylation is 1. The van der Waals surface area contributed by atoms with Crippen LogP contribution in [0.1, 0.15) is 5.56 Å². The summed E-state index contributed by atoms with van der Waals surface area (Å²) in [5.41, 5.74) is 2.52. The fourth-order valence-corrected chi connectivity index (χ4v) is 2.43. The molecule has 0 aliphatic rings. The van der Waals surface area contributed by atoms with Crippen LogP contribution in [0.4, 0.5) is 5.69 Å². The van der Waals surface area contributed by atoms with Crippen molar-refractivity contribution in [3.05, 3.63) is 54.1 Å². The van der Waals surface area contributed by atoms with Gasteiger partial charge in [-0.25, -0.2) is 0 Å². The zero-order valence-corrected chi connectivity index (χ0v) is 10.1. The Balaban J connectivity index is 2.48. The topological polar surface area (TPSA) is 12.0 Å². The second kappa shape index (κ2) is 3.77. The Kier molecular flexibility index (Phi) is 2.25. The second-order valence-electron chi connectivity index (χ2n) is 4.42. The number of benzene rings is 3. The summed E-state index contributed by atoms with van der Waals surface area (Å²) in [6.07, 6.45) is 0. The van der Waals surface area contributed by atoms with Crippen molar-refractivity contribution in [2.75, 3.05) is 12.4 Å². The molecule has 1 heteroatoms. The molecule has 0 bridgehead atoms. The van der Waals surface area contributed by atoms with Gasteiger partial charge in [-0.15, -0.1) is 0 Å². The molecule has 0 saturated carbocycles. The van der Waals surface area contributed by atoms with Crippen LogP contribution in [0.25, 0.3) is 21.5 Å². The SMILES string of the molecule is CNc1cccc2cc3c(C)cccc3cc12. The molecule has 0 heterocycles. The fraction of sp³-hybridized carbons (Fsp3) is 0.125. The van der Waals surface area contributed by atoms with Crippen LogP contribution >= 0.6 is 0 Å². The van der Waals surface area contributed by atoms with E-state index in [0.717, 1.165) is 0 Å². The summed E-state index contributed by atoms with van der Waals surface area (Å²) < 4.78 is 0. The molecular formula is C16H15N. The molecule has 0 aliphatic heterocycles. The number of nitrogens with one attached hydrogen (secondary N) is 1. The first-order chi connectivity index (χ1) is 8.29. The van der Waals surface area contributed by atoms with Gasteiger partial charge in [0.1, 0.15) is 0 Å². The lowest BCUT2D eigenvalue weighted by Gasteiger charge is -2.09. The van der Waals surface area contributed by atoms with Gasteiger partial charge < -0.3 is 5.32 Å². The average Bonchev–Trinajstić information content (AvgIpc) is 2.36. The van der Waals surface area contributed by atoms with Crippen LogP contribution in [-0.2, 0) is 0 Å². The fourth-order valence-electron chi connectivity index (χ4n) is 2.43. The van der Waals surface area contributed by atoms with Gasteiger partial charge in [0.15, 0.2) is 0 Å². The molecule has 0 aliphatic carbocycles. The van der Waals surface area contributed by atoms with Crippen LogP contribution in [0.3, 0.4) is 0 Å². The molecule has 0 aromatic heterocycles. The number of fused-ring (bicyclic) bond motifs is 2. The third kappa shape index (κ3) is 1.55. The van der Waals surface area contributed by atoms with E-state index < -0.39 is 0 Å². The molecular weight excluding hydrogens is 206 g/mol. The van der Waals surface area contributed by atoms with Gasteiger partial charge in [0, 0.05) is 18.1 Å². The quantitative estimate of drug-likeness (QED) is 0.603. The first kappa shape index (κ1) is 10.2. The number of hydrogen-bond acceptors (Lipinski definition) is 1. The molecule has 84 valence electrons. The number of anilines is 1. The molecule has 0 spiro atoms. The summed E-state index contributed by atoms with van der Waals surface area (Å²) >= 11 is 0. The normalized spacial score (nSPS) is 10.9. The van der Waals surface area contributed by atoms with E-state index in [-0.39, 0.29) is 0 Å². The Hall–Kier alpha value is -2.02.